The van der Waals surface area contributed by atoms with Crippen molar-refractivity contribution < 1.29 is 9.31 Å². The third kappa shape index (κ3) is 4.78. The standard InChI is InChI=1S/C42H34BNO2S2/c1-41(2)42(3,4)46-43(45-41)28-14-12-13-27(23-28)34-25-31(26-36-33-18-9-11-20-38(33)48-40(34)36)44(29-15-6-5-7-16-29)30-21-22-39-35(24-30)32-17-8-10-19-37(32)47-39/h5-26H,1-4H3. The van der Waals surface area contributed by atoms with Crippen molar-refractivity contribution in [2.45, 2.75) is 38.9 Å². The van der Waals surface area contributed by atoms with Crippen LogP contribution in [0.5, 0.6) is 0 Å². The molecule has 3 nitrogen and oxygen atoms in total. The molecular weight excluding hydrogens is 625 g/mol. The van der Waals surface area contributed by atoms with Crippen LogP contribution in [-0.2, 0) is 9.31 Å². The predicted octanol–water partition coefficient (Wildman–Crippen LogP) is 11.9. The first kappa shape index (κ1) is 29.7. The van der Waals surface area contributed by atoms with E-state index in [1.165, 1.54) is 45.9 Å². The highest BCUT2D eigenvalue weighted by molar-refractivity contribution is 7.26. The van der Waals surface area contributed by atoms with Crippen molar-refractivity contribution in [3.05, 3.63) is 133 Å². The minimum Gasteiger partial charge on any atom is -0.399 e. The summed E-state index contributed by atoms with van der Waals surface area (Å²) in [6, 6.07) is 48.5. The summed E-state index contributed by atoms with van der Waals surface area (Å²) in [7, 11) is -0.427. The zero-order chi connectivity index (χ0) is 32.6. The Morgan fingerprint density at radius 2 is 1.12 bits per heavy atom. The number of rotatable bonds is 5. The van der Waals surface area contributed by atoms with Gasteiger partial charge in [0.2, 0.25) is 0 Å². The summed E-state index contributed by atoms with van der Waals surface area (Å²) < 4.78 is 18.1. The number of fused-ring (bicyclic) bond motifs is 6. The van der Waals surface area contributed by atoms with Crippen molar-refractivity contribution in [1.29, 1.82) is 0 Å². The molecule has 0 aliphatic carbocycles. The molecule has 0 spiro atoms. The normalized spacial score (nSPS) is 15.6. The van der Waals surface area contributed by atoms with E-state index in [1.807, 2.05) is 22.7 Å². The van der Waals surface area contributed by atoms with Crippen LogP contribution in [0.3, 0.4) is 0 Å². The van der Waals surface area contributed by atoms with Gasteiger partial charge in [-0.05, 0) is 93.3 Å². The zero-order valence-corrected chi connectivity index (χ0v) is 29.0. The van der Waals surface area contributed by atoms with Crippen LogP contribution in [0, 0.1) is 0 Å². The highest BCUT2D eigenvalue weighted by atomic mass is 32.1. The van der Waals surface area contributed by atoms with Crippen molar-refractivity contribution in [3.8, 4) is 11.1 Å². The van der Waals surface area contributed by atoms with Crippen molar-refractivity contribution in [1.82, 2.24) is 0 Å². The smallest absolute Gasteiger partial charge is 0.399 e. The molecule has 8 aromatic rings. The van der Waals surface area contributed by atoms with Crippen LogP contribution < -0.4 is 10.4 Å². The van der Waals surface area contributed by atoms with Gasteiger partial charge in [0.1, 0.15) is 0 Å². The average molecular weight is 660 g/mol. The van der Waals surface area contributed by atoms with Crippen LogP contribution in [0.2, 0.25) is 0 Å². The van der Waals surface area contributed by atoms with E-state index < -0.39 is 18.3 Å². The number of nitrogens with zero attached hydrogens (tertiary/aromatic N) is 1. The van der Waals surface area contributed by atoms with E-state index in [2.05, 4.69) is 166 Å². The third-order valence-electron chi connectivity index (χ3n) is 10.1. The van der Waals surface area contributed by atoms with E-state index in [9.17, 15) is 0 Å². The van der Waals surface area contributed by atoms with Gasteiger partial charge in [0, 0.05) is 63.0 Å². The highest BCUT2D eigenvalue weighted by Gasteiger charge is 2.51. The fraction of sp³-hybridized carbons (Fsp3) is 0.143. The third-order valence-corrected chi connectivity index (χ3v) is 12.4. The van der Waals surface area contributed by atoms with E-state index in [1.54, 1.807) is 0 Å². The molecule has 0 unspecified atom stereocenters. The van der Waals surface area contributed by atoms with Crippen molar-refractivity contribution >= 4 is 92.7 Å². The van der Waals surface area contributed by atoms with Crippen LogP contribution in [0.15, 0.2) is 133 Å². The van der Waals surface area contributed by atoms with Crippen LogP contribution in [-0.4, -0.2) is 18.3 Å². The van der Waals surface area contributed by atoms with E-state index in [-0.39, 0.29) is 0 Å². The van der Waals surface area contributed by atoms with Gasteiger partial charge in [0.15, 0.2) is 0 Å². The first-order chi connectivity index (χ1) is 23.3. The number of anilines is 3. The summed E-state index contributed by atoms with van der Waals surface area (Å²) in [5.41, 5.74) is 5.93. The summed E-state index contributed by atoms with van der Waals surface area (Å²) >= 11 is 3.71. The second-order valence-corrected chi connectivity index (χ2v) is 15.8. The molecule has 6 aromatic carbocycles. The molecule has 9 rings (SSSR count). The minimum atomic E-state index is -0.427. The van der Waals surface area contributed by atoms with Gasteiger partial charge in [-0.2, -0.15) is 0 Å². The molecule has 0 bridgehead atoms. The van der Waals surface area contributed by atoms with Gasteiger partial charge in [-0.3, -0.25) is 0 Å². The molecule has 1 saturated heterocycles. The van der Waals surface area contributed by atoms with Gasteiger partial charge >= 0.3 is 7.12 Å². The topological polar surface area (TPSA) is 21.7 Å². The van der Waals surface area contributed by atoms with Crippen molar-refractivity contribution in [2.24, 2.45) is 0 Å². The maximum atomic E-state index is 6.49. The lowest BCUT2D eigenvalue weighted by Gasteiger charge is -2.32. The van der Waals surface area contributed by atoms with Crippen LogP contribution in [0.25, 0.3) is 51.5 Å². The summed E-state index contributed by atoms with van der Waals surface area (Å²) in [5.74, 6) is 0. The Morgan fingerprint density at radius 3 is 1.88 bits per heavy atom. The Bertz CT molecular complexity index is 2480. The Hall–Kier alpha value is -4.46. The fourth-order valence-electron chi connectivity index (χ4n) is 6.86. The Labute approximate surface area is 289 Å². The molecule has 0 atom stereocenters. The highest BCUT2D eigenvalue weighted by Crippen LogP contribution is 2.47. The summed E-state index contributed by atoms with van der Waals surface area (Å²) in [5, 5.41) is 5.11. The molecule has 6 heteroatoms. The summed E-state index contributed by atoms with van der Waals surface area (Å²) in [6.07, 6.45) is 0. The molecule has 48 heavy (non-hydrogen) atoms. The van der Waals surface area contributed by atoms with Crippen LogP contribution in [0.1, 0.15) is 27.7 Å². The van der Waals surface area contributed by atoms with E-state index in [4.69, 9.17) is 9.31 Å². The molecule has 1 fully saturated rings. The van der Waals surface area contributed by atoms with E-state index >= 15 is 0 Å². The fourth-order valence-corrected chi connectivity index (χ4v) is 9.17. The largest absolute Gasteiger partial charge is 0.494 e. The summed E-state index contributed by atoms with van der Waals surface area (Å²) in [4.78, 5) is 2.40. The molecule has 0 amide bonds. The SMILES string of the molecule is CC1(C)OB(c2cccc(-c3cc(N(c4ccccc4)c4ccc5sc6ccccc6c5c4)cc4c3sc3ccccc34)c2)OC1(C)C. The maximum Gasteiger partial charge on any atom is 0.494 e. The first-order valence-electron chi connectivity index (χ1n) is 16.4. The first-order valence-corrected chi connectivity index (χ1v) is 18.1. The van der Waals surface area contributed by atoms with Crippen LogP contribution >= 0.6 is 22.7 Å². The van der Waals surface area contributed by atoms with Gasteiger partial charge in [-0.25, -0.2) is 0 Å². The molecule has 0 radical (unpaired) electrons. The molecule has 1 aliphatic heterocycles. The van der Waals surface area contributed by atoms with Gasteiger partial charge in [-0.1, -0.05) is 78.9 Å². The number of para-hydroxylation sites is 1. The van der Waals surface area contributed by atoms with Gasteiger partial charge in [0.05, 0.1) is 11.2 Å². The second kappa shape index (κ2) is 11.0. The predicted molar refractivity (Wildman–Crippen MR) is 208 cm³/mol. The van der Waals surface area contributed by atoms with Gasteiger partial charge in [0.25, 0.3) is 0 Å². The second-order valence-electron chi connectivity index (χ2n) is 13.6. The van der Waals surface area contributed by atoms with Crippen molar-refractivity contribution in [2.75, 3.05) is 4.90 Å². The Balaban J connectivity index is 1.27. The number of hydrogen-bond donors (Lipinski definition) is 0. The number of hydrogen-bond acceptors (Lipinski definition) is 5. The molecule has 0 N–H and O–H groups in total. The molecule has 0 saturated carbocycles. The van der Waals surface area contributed by atoms with Gasteiger partial charge in [-0.15, -0.1) is 22.7 Å². The maximum absolute atomic E-state index is 6.49. The van der Waals surface area contributed by atoms with Crippen molar-refractivity contribution in [3.63, 3.8) is 0 Å². The average Bonchev–Trinajstić information content (AvgIpc) is 3.73. The van der Waals surface area contributed by atoms with Gasteiger partial charge < -0.3 is 14.2 Å². The molecule has 234 valence electrons. The molecule has 1 aliphatic rings. The minimum absolute atomic E-state index is 0.405. The lowest BCUT2D eigenvalue weighted by molar-refractivity contribution is 0.00578. The molecule has 3 heterocycles. The number of thiophene rings is 2. The lowest BCUT2D eigenvalue weighted by Crippen LogP contribution is -2.41. The van der Waals surface area contributed by atoms with E-state index in [0.29, 0.717) is 0 Å². The molecular formula is C42H34BNO2S2. The number of benzene rings is 6. The monoisotopic (exact) mass is 659 g/mol. The lowest BCUT2D eigenvalue weighted by atomic mass is 9.78. The van der Waals surface area contributed by atoms with Crippen LogP contribution in [0.4, 0.5) is 17.1 Å². The summed E-state index contributed by atoms with van der Waals surface area (Å²) in [6.45, 7) is 8.43. The Kier molecular flexibility index (Phi) is 6.83. The quantitative estimate of drug-likeness (QED) is 0.172. The zero-order valence-electron chi connectivity index (χ0n) is 27.4. The van der Waals surface area contributed by atoms with E-state index in [0.717, 1.165) is 28.1 Å². The Morgan fingerprint density at radius 1 is 0.500 bits per heavy atom. The molecule has 2 aromatic heterocycles.